The number of nitrogens with zero attached hydrogens (tertiary/aromatic N) is 1. The summed E-state index contributed by atoms with van der Waals surface area (Å²) in [6, 6.07) is 16.5. The van der Waals surface area contributed by atoms with Crippen LogP contribution in [0.25, 0.3) is 0 Å². The highest BCUT2D eigenvalue weighted by atomic mass is 19.4. The van der Waals surface area contributed by atoms with Crippen molar-refractivity contribution in [2.75, 3.05) is 13.7 Å². The fourth-order valence-electron chi connectivity index (χ4n) is 5.25. The zero-order valence-electron chi connectivity index (χ0n) is 24.3. The third kappa shape index (κ3) is 8.12. The smallest absolute Gasteiger partial charge is 0.497 e. The van der Waals surface area contributed by atoms with E-state index in [0.717, 1.165) is 22.4 Å². The largest absolute Gasteiger partial charge is 0.573 e. The molecule has 1 unspecified atom stereocenters. The van der Waals surface area contributed by atoms with Crippen LogP contribution in [-0.2, 0) is 17.6 Å². The first-order valence-electron chi connectivity index (χ1n) is 14.2. The summed E-state index contributed by atoms with van der Waals surface area (Å²) in [6.07, 6.45) is -0.345. The third-order valence-electron chi connectivity index (χ3n) is 7.46. The Morgan fingerprint density at radius 3 is 2.36 bits per heavy atom. The molecule has 236 valence electrons. The van der Waals surface area contributed by atoms with Crippen molar-refractivity contribution in [3.63, 3.8) is 0 Å². The Balaban J connectivity index is 1.33. The summed E-state index contributed by atoms with van der Waals surface area (Å²) in [4.78, 5) is 33.0. The summed E-state index contributed by atoms with van der Waals surface area (Å²) in [5.41, 5.74) is 8.99. The number of fused-ring (bicyclic) bond motifs is 1. The van der Waals surface area contributed by atoms with Crippen LogP contribution in [0, 0.1) is 0 Å². The lowest BCUT2D eigenvalue weighted by Crippen LogP contribution is -2.46. The Hall–Kier alpha value is -5.04. The number of aromatic nitrogens is 2. The summed E-state index contributed by atoms with van der Waals surface area (Å²) < 4.78 is 53.0. The molecule has 0 bridgehead atoms. The first-order valence-corrected chi connectivity index (χ1v) is 14.2. The first kappa shape index (κ1) is 31.4. The van der Waals surface area contributed by atoms with E-state index >= 15 is 0 Å². The number of hydrogen-bond acceptors (Lipinski definition) is 7. The number of H-pyrrole nitrogens is 1. The second-order valence-electron chi connectivity index (χ2n) is 10.5. The molecule has 1 aliphatic rings. The van der Waals surface area contributed by atoms with Crippen molar-refractivity contribution in [3.8, 4) is 17.2 Å². The van der Waals surface area contributed by atoms with E-state index < -0.39 is 24.2 Å². The number of benzene rings is 3. The zero-order chi connectivity index (χ0) is 32.0. The van der Waals surface area contributed by atoms with E-state index in [1.54, 1.807) is 68.2 Å². The van der Waals surface area contributed by atoms with Crippen LogP contribution in [0.2, 0.25) is 0 Å². The van der Waals surface area contributed by atoms with E-state index in [1.165, 1.54) is 12.1 Å². The maximum atomic E-state index is 13.5. The van der Waals surface area contributed by atoms with Gasteiger partial charge in [-0.3, -0.25) is 9.59 Å². The molecule has 0 fully saturated rings. The molecule has 5 rings (SSSR count). The Kier molecular flexibility index (Phi) is 9.57. The quantitative estimate of drug-likeness (QED) is 0.182. The second kappa shape index (κ2) is 13.7. The van der Waals surface area contributed by atoms with E-state index in [2.05, 4.69) is 25.3 Å². The SMILES string of the molecule is COc1ccc(C[C@H](NC(=O)c2cccc3c2OCCC3N[C@@H](Cc2ccc(OC(F)(F)F)cc2)c2cnc[nH]2)C(N)=O)cc1. The lowest BCUT2D eigenvalue weighted by Gasteiger charge is -2.31. The number of para-hydroxylation sites is 1. The average molecular weight is 624 g/mol. The third-order valence-corrected chi connectivity index (χ3v) is 7.46. The summed E-state index contributed by atoms with van der Waals surface area (Å²) >= 11 is 0. The number of ether oxygens (including phenoxy) is 3. The summed E-state index contributed by atoms with van der Waals surface area (Å²) in [7, 11) is 1.56. The second-order valence-corrected chi connectivity index (χ2v) is 10.5. The fraction of sp³-hybridized carbons (Fsp3) is 0.281. The molecule has 4 aromatic rings. The maximum absolute atomic E-state index is 13.5. The molecular formula is C32H32F3N5O5. The van der Waals surface area contributed by atoms with Gasteiger partial charge < -0.3 is 35.6 Å². The van der Waals surface area contributed by atoms with Gasteiger partial charge in [0, 0.05) is 30.6 Å². The lowest BCUT2D eigenvalue weighted by atomic mass is 9.94. The standard InChI is InChI=1S/C32H32F3N5O5/c1-43-21-9-5-20(6-10-21)16-27(30(36)41)40-31(42)24-4-2-3-23-25(13-14-44-29(23)24)39-26(28-17-37-18-38-28)15-19-7-11-22(12-8-19)45-32(33,34)35/h2-12,17-18,25-27,39H,13-16H2,1H3,(H2,36,41)(H,37,38)(H,40,42)/t25?,26-,27-/m0/s1. The summed E-state index contributed by atoms with van der Waals surface area (Å²) in [5, 5.41) is 6.35. The monoisotopic (exact) mass is 623 g/mol. The topological polar surface area (TPSA) is 141 Å². The number of methoxy groups -OCH3 is 1. The predicted molar refractivity (Wildman–Crippen MR) is 158 cm³/mol. The average Bonchev–Trinajstić information content (AvgIpc) is 3.56. The molecule has 13 heteroatoms. The van der Waals surface area contributed by atoms with Gasteiger partial charge in [0.2, 0.25) is 5.91 Å². The van der Waals surface area contributed by atoms with E-state index in [0.29, 0.717) is 30.9 Å². The number of amides is 2. The number of carbonyl (C=O) groups is 2. The predicted octanol–water partition coefficient (Wildman–Crippen LogP) is 4.54. The molecule has 0 radical (unpaired) electrons. The Morgan fingerprint density at radius 1 is 1.04 bits per heavy atom. The van der Waals surface area contributed by atoms with Crippen LogP contribution in [0.15, 0.2) is 79.3 Å². The molecule has 0 saturated heterocycles. The number of hydrogen-bond donors (Lipinski definition) is 4. The van der Waals surface area contributed by atoms with Crippen LogP contribution < -0.4 is 30.6 Å². The van der Waals surface area contributed by atoms with Crippen molar-refractivity contribution in [2.24, 2.45) is 5.73 Å². The molecule has 0 saturated carbocycles. The lowest BCUT2D eigenvalue weighted by molar-refractivity contribution is -0.274. The number of aromatic amines is 1. The van der Waals surface area contributed by atoms with Crippen molar-refractivity contribution in [1.82, 2.24) is 20.6 Å². The number of carbonyl (C=O) groups excluding carboxylic acids is 2. The molecule has 1 aromatic heterocycles. The van der Waals surface area contributed by atoms with Gasteiger partial charge in [-0.2, -0.15) is 0 Å². The van der Waals surface area contributed by atoms with Crippen LogP contribution in [0.4, 0.5) is 13.2 Å². The Bertz CT molecular complexity index is 1600. The number of primary amides is 1. The van der Waals surface area contributed by atoms with Gasteiger partial charge in [-0.05, 0) is 47.9 Å². The van der Waals surface area contributed by atoms with Gasteiger partial charge in [0.25, 0.3) is 5.91 Å². The minimum absolute atomic E-state index is 0.195. The van der Waals surface area contributed by atoms with Crippen molar-refractivity contribution < 1.29 is 37.0 Å². The molecule has 0 aliphatic carbocycles. The molecule has 3 aromatic carbocycles. The van der Waals surface area contributed by atoms with Crippen LogP contribution in [0.1, 0.15) is 51.2 Å². The van der Waals surface area contributed by atoms with Gasteiger partial charge in [0.15, 0.2) is 0 Å². The number of halogens is 3. The minimum Gasteiger partial charge on any atom is -0.497 e. The van der Waals surface area contributed by atoms with Crippen molar-refractivity contribution >= 4 is 11.8 Å². The zero-order valence-corrected chi connectivity index (χ0v) is 24.3. The van der Waals surface area contributed by atoms with Gasteiger partial charge in [-0.25, -0.2) is 4.98 Å². The summed E-state index contributed by atoms with van der Waals surface area (Å²) in [6.45, 7) is 0.319. The van der Waals surface area contributed by atoms with Crippen molar-refractivity contribution in [1.29, 1.82) is 0 Å². The molecule has 10 nitrogen and oxygen atoms in total. The van der Waals surface area contributed by atoms with Crippen LogP contribution in [0.5, 0.6) is 17.2 Å². The van der Waals surface area contributed by atoms with Gasteiger partial charge in [0.1, 0.15) is 23.3 Å². The summed E-state index contributed by atoms with van der Waals surface area (Å²) in [5.74, 6) is -0.425. The molecule has 0 spiro atoms. The number of imidazole rings is 1. The highest BCUT2D eigenvalue weighted by Gasteiger charge is 2.32. The van der Waals surface area contributed by atoms with E-state index in [1.807, 2.05) is 6.07 Å². The highest BCUT2D eigenvalue weighted by molar-refractivity contribution is 6.00. The maximum Gasteiger partial charge on any atom is 0.573 e. The number of nitrogens with one attached hydrogen (secondary N) is 3. The normalized spacial score (nSPS) is 15.7. The van der Waals surface area contributed by atoms with Crippen molar-refractivity contribution in [2.45, 2.75) is 43.8 Å². The van der Waals surface area contributed by atoms with Crippen LogP contribution in [0.3, 0.4) is 0 Å². The molecule has 1 aliphatic heterocycles. The van der Waals surface area contributed by atoms with E-state index in [-0.39, 0.29) is 29.8 Å². The Labute approximate surface area is 257 Å². The van der Waals surface area contributed by atoms with Crippen molar-refractivity contribution in [3.05, 3.63) is 107 Å². The van der Waals surface area contributed by atoms with Gasteiger partial charge in [-0.1, -0.05) is 36.4 Å². The van der Waals surface area contributed by atoms with Gasteiger partial charge in [-0.15, -0.1) is 13.2 Å². The number of alkyl halides is 3. The minimum atomic E-state index is -4.77. The van der Waals surface area contributed by atoms with Gasteiger partial charge in [0.05, 0.1) is 37.3 Å². The molecule has 5 N–H and O–H groups in total. The number of nitrogens with two attached hydrogens (primary N) is 1. The van der Waals surface area contributed by atoms with Crippen LogP contribution in [-0.4, -0.2) is 47.9 Å². The van der Waals surface area contributed by atoms with E-state index in [9.17, 15) is 22.8 Å². The molecule has 2 heterocycles. The Morgan fingerprint density at radius 2 is 1.73 bits per heavy atom. The molecule has 45 heavy (non-hydrogen) atoms. The van der Waals surface area contributed by atoms with Crippen LogP contribution >= 0.6 is 0 Å². The molecule has 2 amide bonds. The molecular weight excluding hydrogens is 591 g/mol. The molecule has 3 atom stereocenters. The fourth-order valence-corrected chi connectivity index (χ4v) is 5.25. The highest BCUT2D eigenvalue weighted by Crippen LogP contribution is 2.37. The van der Waals surface area contributed by atoms with Gasteiger partial charge >= 0.3 is 6.36 Å². The first-order chi connectivity index (χ1) is 21.6. The van der Waals surface area contributed by atoms with E-state index in [4.69, 9.17) is 15.2 Å². The number of rotatable bonds is 12.